The van der Waals surface area contributed by atoms with Crippen LogP contribution in [-0.2, 0) is 12.8 Å². The molecule has 1 N–H and O–H groups in total. The van der Waals surface area contributed by atoms with E-state index in [1.54, 1.807) is 0 Å². The fourth-order valence-corrected chi connectivity index (χ4v) is 3.60. The van der Waals surface area contributed by atoms with Crippen molar-refractivity contribution in [3.05, 3.63) is 50.9 Å². The molecule has 0 saturated carbocycles. The van der Waals surface area contributed by atoms with Crippen LogP contribution in [0.4, 0.5) is 0 Å². The van der Waals surface area contributed by atoms with Crippen molar-refractivity contribution in [3.63, 3.8) is 0 Å². The van der Waals surface area contributed by atoms with Crippen molar-refractivity contribution in [3.8, 4) is 0 Å². The molecule has 0 aromatic carbocycles. The second-order valence-corrected chi connectivity index (χ2v) is 7.13. The van der Waals surface area contributed by atoms with Crippen LogP contribution in [0.5, 0.6) is 0 Å². The molecule has 0 saturated heterocycles. The highest BCUT2D eigenvalue weighted by atomic mass is 79.9. The first-order valence-electron chi connectivity index (χ1n) is 6.65. The van der Waals surface area contributed by atoms with Gasteiger partial charge in [0.15, 0.2) is 0 Å². The molecule has 4 heteroatoms. The second kappa shape index (κ2) is 7.78. The summed E-state index contributed by atoms with van der Waals surface area (Å²) in [6, 6.07) is 10.9. The highest BCUT2D eigenvalue weighted by Gasteiger charge is 2.11. The largest absolute Gasteiger partial charge is 0.313 e. The van der Waals surface area contributed by atoms with E-state index in [1.165, 1.54) is 8.66 Å². The van der Waals surface area contributed by atoms with E-state index in [-0.39, 0.29) is 0 Å². The molecule has 1 unspecified atom stereocenters. The number of rotatable bonds is 7. The molecule has 0 radical (unpaired) electrons. The Labute approximate surface area is 127 Å². The van der Waals surface area contributed by atoms with Gasteiger partial charge in [0.2, 0.25) is 0 Å². The molecule has 0 bridgehead atoms. The lowest BCUT2D eigenvalue weighted by atomic mass is 10.1. The number of pyridine rings is 1. The Kier molecular flexibility index (Phi) is 6.01. The van der Waals surface area contributed by atoms with E-state index in [9.17, 15) is 0 Å². The van der Waals surface area contributed by atoms with Gasteiger partial charge in [0.1, 0.15) is 0 Å². The Morgan fingerprint density at radius 3 is 2.79 bits per heavy atom. The maximum absolute atomic E-state index is 4.43. The Morgan fingerprint density at radius 2 is 2.16 bits per heavy atom. The van der Waals surface area contributed by atoms with Crippen molar-refractivity contribution in [2.75, 3.05) is 6.54 Å². The zero-order valence-corrected chi connectivity index (χ0v) is 13.5. The van der Waals surface area contributed by atoms with E-state index in [2.05, 4.69) is 57.4 Å². The molecule has 2 rings (SSSR count). The lowest BCUT2D eigenvalue weighted by Gasteiger charge is -2.17. The Bertz CT molecular complexity index is 484. The summed E-state index contributed by atoms with van der Waals surface area (Å²) in [6.07, 6.45) is 5.07. The average Bonchev–Trinajstić information content (AvgIpc) is 2.82. The summed E-state index contributed by atoms with van der Waals surface area (Å²) in [6.45, 7) is 3.26. The molecule has 2 aromatic rings. The van der Waals surface area contributed by atoms with Crippen LogP contribution in [0.2, 0.25) is 0 Å². The van der Waals surface area contributed by atoms with E-state index in [0.717, 1.165) is 31.5 Å². The second-order valence-electron chi connectivity index (χ2n) is 4.59. The molecule has 0 aliphatic rings. The lowest BCUT2D eigenvalue weighted by molar-refractivity contribution is 0.503. The van der Waals surface area contributed by atoms with Crippen molar-refractivity contribution in [1.82, 2.24) is 10.3 Å². The first-order valence-corrected chi connectivity index (χ1v) is 8.26. The topological polar surface area (TPSA) is 24.9 Å². The fraction of sp³-hybridized carbons (Fsp3) is 0.400. The maximum Gasteiger partial charge on any atom is 0.0701 e. The molecule has 2 heterocycles. The number of aromatic nitrogens is 1. The summed E-state index contributed by atoms with van der Waals surface area (Å²) in [5.74, 6) is 0. The molecular weight excluding hydrogens is 320 g/mol. The zero-order valence-electron chi connectivity index (χ0n) is 11.1. The van der Waals surface area contributed by atoms with E-state index in [0.29, 0.717) is 6.04 Å². The van der Waals surface area contributed by atoms with Crippen LogP contribution in [0.3, 0.4) is 0 Å². The van der Waals surface area contributed by atoms with Gasteiger partial charge in [-0.2, -0.15) is 0 Å². The number of nitrogens with one attached hydrogen (secondary N) is 1. The highest BCUT2D eigenvalue weighted by molar-refractivity contribution is 9.11. The number of hydrogen-bond donors (Lipinski definition) is 1. The van der Waals surface area contributed by atoms with E-state index in [4.69, 9.17) is 0 Å². The minimum Gasteiger partial charge on any atom is -0.313 e. The Hall–Kier alpha value is -0.710. The minimum absolute atomic E-state index is 0.459. The fourth-order valence-electron chi connectivity index (χ4n) is 2.04. The van der Waals surface area contributed by atoms with E-state index in [1.807, 2.05) is 23.6 Å². The molecule has 0 aliphatic carbocycles. The van der Waals surface area contributed by atoms with Crippen LogP contribution < -0.4 is 5.32 Å². The van der Waals surface area contributed by atoms with Crippen molar-refractivity contribution in [1.29, 1.82) is 0 Å². The van der Waals surface area contributed by atoms with Gasteiger partial charge in [-0.1, -0.05) is 13.0 Å². The molecule has 0 fully saturated rings. The minimum atomic E-state index is 0.459. The van der Waals surface area contributed by atoms with Gasteiger partial charge in [-0.25, -0.2) is 0 Å². The predicted octanol–water partition coefficient (Wildman–Crippen LogP) is 4.06. The standard InChI is InChI=1S/C15H19BrN2S/c1-2-8-17-13(10-12-5-3-4-9-18-12)11-14-6-7-15(16)19-14/h3-7,9,13,17H,2,8,10-11H2,1H3. The summed E-state index contributed by atoms with van der Waals surface area (Å²) in [5, 5.41) is 3.63. The van der Waals surface area contributed by atoms with Crippen molar-refractivity contribution in [2.24, 2.45) is 0 Å². The van der Waals surface area contributed by atoms with E-state index >= 15 is 0 Å². The Balaban J connectivity index is 1.99. The predicted molar refractivity (Wildman–Crippen MR) is 85.7 cm³/mol. The monoisotopic (exact) mass is 338 g/mol. The molecule has 0 spiro atoms. The summed E-state index contributed by atoms with van der Waals surface area (Å²) in [4.78, 5) is 5.84. The van der Waals surface area contributed by atoms with Crippen LogP contribution in [-0.4, -0.2) is 17.6 Å². The van der Waals surface area contributed by atoms with Gasteiger partial charge in [-0.15, -0.1) is 11.3 Å². The first kappa shape index (κ1) is 14.7. The lowest BCUT2D eigenvalue weighted by Crippen LogP contribution is -2.33. The average molecular weight is 339 g/mol. The van der Waals surface area contributed by atoms with Crippen LogP contribution in [0, 0.1) is 0 Å². The van der Waals surface area contributed by atoms with E-state index < -0.39 is 0 Å². The number of thiophene rings is 1. The van der Waals surface area contributed by atoms with Gasteiger partial charge >= 0.3 is 0 Å². The maximum atomic E-state index is 4.43. The molecule has 2 nitrogen and oxygen atoms in total. The molecule has 0 amide bonds. The summed E-state index contributed by atoms with van der Waals surface area (Å²) in [5.41, 5.74) is 1.16. The molecule has 0 aliphatic heterocycles. The summed E-state index contributed by atoms with van der Waals surface area (Å²) < 4.78 is 1.20. The summed E-state index contributed by atoms with van der Waals surface area (Å²) >= 11 is 5.34. The quantitative estimate of drug-likeness (QED) is 0.823. The zero-order chi connectivity index (χ0) is 13.5. The third kappa shape index (κ3) is 5.05. The van der Waals surface area contributed by atoms with Gasteiger partial charge in [0.05, 0.1) is 3.79 Å². The van der Waals surface area contributed by atoms with Crippen LogP contribution in [0.15, 0.2) is 40.3 Å². The third-order valence-corrected chi connectivity index (χ3v) is 4.59. The number of nitrogens with zero attached hydrogens (tertiary/aromatic N) is 1. The van der Waals surface area contributed by atoms with Crippen molar-refractivity contribution in [2.45, 2.75) is 32.2 Å². The summed E-state index contributed by atoms with van der Waals surface area (Å²) in [7, 11) is 0. The van der Waals surface area contributed by atoms with Crippen molar-refractivity contribution < 1.29 is 0 Å². The highest BCUT2D eigenvalue weighted by Crippen LogP contribution is 2.23. The van der Waals surface area contributed by atoms with Crippen LogP contribution in [0.1, 0.15) is 23.9 Å². The van der Waals surface area contributed by atoms with Gasteiger partial charge < -0.3 is 5.32 Å². The SMILES string of the molecule is CCCNC(Cc1ccccn1)Cc1ccc(Br)s1. The van der Waals surface area contributed by atoms with Crippen molar-refractivity contribution >= 4 is 27.3 Å². The van der Waals surface area contributed by atoms with Crippen LogP contribution in [0.25, 0.3) is 0 Å². The third-order valence-electron chi connectivity index (χ3n) is 2.94. The molecule has 19 heavy (non-hydrogen) atoms. The van der Waals surface area contributed by atoms with Gasteiger partial charge in [0, 0.05) is 29.2 Å². The van der Waals surface area contributed by atoms with Gasteiger partial charge in [-0.05, 0) is 59.6 Å². The molecule has 1 atom stereocenters. The molecular formula is C15H19BrN2S. The normalized spacial score (nSPS) is 12.5. The Morgan fingerprint density at radius 1 is 1.26 bits per heavy atom. The number of hydrogen-bond acceptors (Lipinski definition) is 3. The van der Waals surface area contributed by atoms with Gasteiger partial charge in [0.25, 0.3) is 0 Å². The van der Waals surface area contributed by atoms with Gasteiger partial charge in [-0.3, -0.25) is 4.98 Å². The molecule has 102 valence electrons. The number of halogens is 1. The molecule has 2 aromatic heterocycles. The smallest absolute Gasteiger partial charge is 0.0701 e. The van der Waals surface area contributed by atoms with Crippen LogP contribution >= 0.6 is 27.3 Å². The first-order chi connectivity index (χ1) is 9.28.